The monoisotopic (exact) mass is 294 g/mol. The highest BCUT2D eigenvalue weighted by Crippen LogP contribution is 2.27. The molecule has 21 heavy (non-hydrogen) atoms. The molecular weight excluding hydrogens is 285 g/mol. The second-order valence-electron chi connectivity index (χ2n) is 4.04. The van der Waals surface area contributed by atoms with Gasteiger partial charge in [-0.2, -0.15) is 5.26 Å². The van der Waals surface area contributed by atoms with Crippen molar-refractivity contribution in [3.8, 4) is 23.4 Å². The van der Waals surface area contributed by atoms with E-state index in [-0.39, 0.29) is 22.9 Å². The van der Waals surface area contributed by atoms with E-state index in [9.17, 15) is 13.2 Å². The number of rotatable bonds is 3. The molecule has 0 aliphatic heterocycles. The maximum absolute atomic E-state index is 12.0. The SMILES string of the molecule is Cc1ccc(C#N)c(Oc2ccc(OC(F)(F)F)cc2)n1. The number of nitrogens with zero attached hydrogens (tertiary/aromatic N) is 2. The number of pyridine rings is 1. The van der Waals surface area contributed by atoms with Gasteiger partial charge in [0.2, 0.25) is 5.88 Å². The second kappa shape index (κ2) is 5.71. The van der Waals surface area contributed by atoms with Gasteiger partial charge in [-0.15, -0.1) is 13.2 Å². The molecule has 0 fully saturated rings. The van der Waals surface area contributed by atoms with Gasteiger partial charge in [0.05, 0.1) is 0 Å². The standard InChI is InChI=1S/C14H9F3N2O2/c1-9-2-3-10(8-18)13(19-9)20-11-4-6-12(7-5-11)21-14(15,16)17/h2-7H,1H3. The third-order valence-electron chi connectivity index (χ3n) is 2.39. The van der Waals surface area contributed by atoms with Crippen LogP contribution in [0.15, 0.2) is 36.4 Å². The van der Waals surface area contributed by atoms with E-state index in [2.05, 4.69) is 9.72 Å². The number of halogens is 3. The molecule has 0 radical (unpaired) electrons. The van der Waals surface area contributed by atoms with Crippen molar-refractivity contribution in [1.29, 1.82) is 5.26 Å². The summed E-state index contributed by atoms with van der Waals surface area (Å²) in [6.45, 7) is 1.73. The number of nitriles is 1. The summed E-state index contributed by atoms with van der Waals surface area (Å²) >= 11 is 0. The Balaban J connectivity index is 2.18. The first kappa shape index (κ1) is 14.7. The average Bonchev–Trinajstić information content (AvgIpc) is 2.40. The van der Waals surface area contributed by atoms with Crippen LogP contribution in [0.1, 0.15) is 11.3 Å². The summed E-state index contributed by atoms with van der Waals surface area (Å²) < 4.78 is 45.2. The van der Waals surface area contributed by atoms with Gasteiger partial charge in [-0.05, 0) is 43.3 Å². The van der Waals surface area contributed by atoms with Crippen molar-refractivity contribution in [3.05, 3.63) is 47.7 Å². The van der Waals surface area contributed by atoms with E-state index in [0.29, 0.717) is 5.69 Å². The van der Waals surface area contributed by atoms with Crippen molar-refractivity contribution in [3.63, 3.8) is 0 Å². The first-order chi connectivity index (χ1) is 9.87. The number of benzene rings is 1. The van der Waals surface area contributed by atoms with Gasteiger partial charge < -0.3 is 9.47 Å². The Morgan fingerprint density at radius 1 is 1.05 bits per heavy atom. The third-order valence-corrected chi connectivity index (χ3v) is 2.39. The molecule has 1 aromatic heterocycles. The van der Waals surface area contributed by atoms with E-state index in [1.165, 1.54) is 12.1 Å². The fraction of sp³-hybridized carbons (Fsp3) is 0.143. The predicted octanol–water partition coefficient (Wildman–Crippen LogP) is 3.95. The summed E-state index contributed by atoms with van der Waals surface area (Å²) in [4.78, 5) is 4.07. The minimum Gasteiger partial charge on any atom is -0.438 e. The first-order valence-electron chi connectivity index (χ1n) is 5.79. The van der Waals surface area contributed by atoms with Gasteiger partial charge in [0.15, 0.2) is 0 Å². The number of alkyl halides is 3. The van der Waals surface area contributed by atoms with Crippen LogP contribution in [0.5, 0.6) is 17.4 Å². The summed E-state index contributed by atoms with van der Waals surface area (Å²) in [6, 6.07) is 9.96. The minimum atomic E-state index is -4.74. The summed E-state index contributed by atoms with van der Waals surface area (Å²) in [7, 11) is 0. The van der Waals surface area contributed by atoms with Gasteiger partial charge in [-0.3, -0.25) is 0 Å². The summed E-state index contributed by atoms with van der Waals surface area (Å²) in [6.07, 6.45) is -4.74. The Hall–Kier alpha value is -2.75. The zero-order chi connectivity index (χ0) is 15.5. The van der Waals surface area contributed by atoms with Gasteiger partial charge in [0.1, 0.15) is 23.1 Å². The van der Waals surface area contributed by atoms with Crippen LogP contribution in [0.3, 0.4) is 0 Å². The van der Waals surface area contributed by atoms with Crippen LogP contribution in [-0.2, 0) is 0 Å². The predicted molar refractivity (Wildman–Crippen MR) is 66.9 cm³/mol. The smallest absolute Gasteiger partial charge is 0.438 e. The van der Waals surface area contributed by atoms with E-state index in [4.69, 9.17) is 10.00 Å². The summed E-state index contributed by atoms with van der Waals surface area (Å²) in [5.74, 6) is -0.00586. The van der Waals surface area contributed by atoms with E-state index in [1.807, 2.05) is 6.07 Å². The van der Waals surface area contributed by atoms with Crippen LogP contribution in [0.4, 0.5) is 13.2 Å². The Bertz CT molecular complexity index is 676. The number of hydrogen-bond acceptors (Lipinski definition) is 4. The molecule has 1 aromatic carbocycles. The normalized spacial score (nSPS) is 10.8. The lowest BCUT2D eigenvalue weighted by Gasteiger charge is -2.10. The number of ether oxygens (including phenoxy) is 2. The molecule has 0 amide bonds. The molecule has 2 aromatic rings. The summed E-state index contributed by atoms with van der Waals surface area (Å²) in [5, 5.41) is 8.94. The van der Waals surface area contributed by atoms with Gasteiger partial charge in [0, 0.05) is 5.69 Å². The van der Waals surface area contributed by atoms with Crippen molar-refractivity contribution in [1.82, 2.24) is 4.98 Å². The molecule has 0 unspecified atom stereocenters. The number of hydrogen-bond donors (Lipinski definition) is 0. The topological polar surface area (TPSA) is 55.1 Å². The lowest BCUT2D eigenvalue weighted by molar-refractivity contribution is -0.274. The van der Waals surface area contributed by atoms with Gasteiger partial charge in [0.25, 0.3) is 0 Å². The molecule has 0 saturated carbocycles. The molecular formula is C14H9F3N2O2. The van der Waals surface area contributed by atoms with Crippen LogP contribution >= 0.6 is 0 Å². The molecule has 108 valence electrons. The highest BCUT2D eigenvalue weighted by molar-refractivity contribution is 5.42. The van der Waals surface area contributed by atoms with Crippen molar-refractivity contribution in [2.24, 2.45) is 0 Å². The molecule has 0 spiro atoms. The molecule has 7 heteroatoms. The zero-order valence-corrected chi connectivity index (χ0v) is 10.8. The minimum absolute atomic E-state index is 0.0991. The lowest BCUT2D eigenvalue weighted by atomic mass is 10.2. The average molecular weight is 294 g/mol. The van der Waals surface area contributed by atoms with Crippen molar-refractivity contribution in [2.75, 3.05) is 0 Å². The van der Waals surface area contributed by atoms with E-state index in [0.717, 1.165) is 12.1 Å². The fourth-order valence-electron chi connectivity index (χ4n) is 1.52. The molecule has 0 bridgehead atoms. The van der Waals surface area contributed by atoms with Gasteiger partial charge >= 0.3 is 6.36 Å². The maximum atomic E-state index is 12.0. The molecule has 0 saturated heterocycles. The molecule has 0 atom stereocenters. The lowest BCUT2D eigenvalue weighted by Crippen LogP contribution is -2.16. The molecule has 0 aliphatic rings. The van der Waals surface area contributed by atoms with Gasteiger partial charge in [-0.1, -0.05) is 0 Å². The van der Waals surface area contributed by atoms with Crippen LogP contribution < -0.4 is 9.47 Å². The highest BCUT2D eigenvalue weighted by Gasteiger charge is 2.30. The van der Waals surface area contributed by atoms with Gasteiger partial charge in [-0.25, -0.2) is 4.98 Å². The first-order valence-corrected chi connectivity index (χ1v) is 5.79. The maximum Gasteiger partial charge on any atom is 0.573 e. The van der Waals surface area contributed by atoms with Crippen molar-refractivity contribution in [2.45, 2.75) is 13.3 Å². The molecule has 0 aliphatic carbocycles. The van der Waals surface area contributed by atoms with Crippen molar-refractivity contribution < 1.29 is 22.6 Å². The third kappa shape index (κ3) is 4.11. The quantitative estimate of drug-likeness (QED) is 0.860. The Morgan fingerprint density at radius 3 is 2.24 bits per heavy atom. The molecule has 2 rings (SSSR count). The van der Waals surface area contributed by atoms with E-state index >= 15 is 0 Å². The highest BCUT2D eigenvalue weighted by atomic mass is 19.4. The largest absolute Gasteiger partial charge is 0.573 e. The van der Waals surface area contributed by atoms with Crippen LogP contribution in [0.2, 0.25) is 0 Å². The number of aryl methyl sites for hydroxylation is 1. The zero-order valence-electron chi connectivity index (χ0n) is 10.8. The summed E-state index contributed by atoms with van der Waals surface area (Å²) in [5.41, 5.74) is 0.886. The molecule has 4 nitrogen and oxygen atoms in total. The molecule has 0 N–H and O–H groups in total. The van der Waals surface area contributed by atoms with E-state index in [1.54, 1.807) is 19.1 Å². The fourth-order valence-corrected chi connectivity index (χ4v) is 1.52. The Morgan fingerprint density at radius 2 is 1.67 bits per heavy atom. The van der Waals surface area contributed by atoms with Crippen LogP contribution in [-0.4, -0.2) is 11.3 Å². The van der Waals surface area contributed by atoms with Crippen molar-refractivity contribution >= 4 is 0 Å². The molecule has 1 heterocycles. The van der Waals surface area contributed by atoms with Crippen LogP contribution in [0.25, 0.3) is 0 Å². The number of aromatic nitrogens is 1. The Kier molecular flexibility index (Phi) is 3.98. The van der Waals surface area contributed by atoms with Crippen LogP contribution in [0, 0.1) is 18.3 Å². The van der Waals surface area contributed by atoms with E-state index < -0.39 is 6.36 Å². The second-order valence-corrected chi connectivity index (χ2v) is 4.04. The Labute approximate surface area is 118 Å².